The van der Waals surface area contributed by atoms with E-state index in [-0.39, 0.29) is 176 Å². The van der Waals surface area contributed by atoms with Gasteiger partial charge in [-0.2, -0.15) is 0 Å². The number of hydrogen-bond acceptors (Lipinski definition) is 20. The Morgan fingerprint density at radius 2 is 0.408 bits per heavy atom. The van der Waals surface area contributed by atoms with Gasteiger partial charge >= 0.3 is 98.9 Å². The number of fused-ring (bicyclic) bond motifs is 12. The second kappa shape index (κ2) is 62.2. The first-order valence-electron chi connectivity index (χ1n) is 44.9. The maximum Gasteiger partial charge on any atom is 3.00 e. The number of nitrogens with one attached hydrogen (secondary N) is 12. The van der Waals surface area contributed by atoms with Gasteiger partial charge in [0.05, 0.1) is 0 Å². The minimum absolute atomic E-state index is 0. The van der Waals surface area contributed by atoms with Crippen molar-refractivity contribution in [1.29, 1.82) is 0 Å². The van der Waals surface area contributed by atoms with Gasteiger partial charge in [0, 0.05) is 209 Å². The van der Waals surface area contributed by atoms with Crippen LogP contribution in [0.1, 0.15) is 265 Å². The van der Waals surface area contributed by atoms with Gasteiger partial charge in [0.2, 0.25) is 0 Å². The Balaban J connectivity index is -0.000000880. The number of anilines is 2. The van der Waals surface area contributed by atoms with E-state index in [1.54, 1.807) is 0 Å². The third kappa shape index (κ3) is 41.9. The van der Waals surface area contributed by atoms with Gasteiger partial charge in [0.25, 0.3) is 0 Å². The molecule has 0 aliphatic carbocycles. The zero-order valence-corrected chi connectivity index (χ0v) is 89.9. The Morgan fingerprint density at radius 1 is 0.246 bits per heavy atom. The molecule has 6 aromatic rings. The van der Waals surface area contributed by atoms with Crippen LogP contribution in [0.3, 0.4) is 0 Å². The summed E-state index contributed by atoms with van der Waals surface area (Å²) in [5.74, 6) is 3.20. The summed E-state index contributed by atoms with van der Waals surface area (Å²) in [6.45, 7) is 62.0. The first-order valence-corrected chi connectivity index (χ1v) is 44.9. The molecule has 5 heterocycles. The minimum Gasteiger partial charge on any atom is -0.507 e. The molecule has 0 unspecified atom stereocenters. The van der Waals surface area contributed by atoms with Gasteiger partial charge in [0.15, 0.2) is 0 Å². The molecule has 11 rings (SSSR count). The number of hydrogen-bond donors (Lipinski definition) is 18. The van der Waals surface area contributed by atoms with Crippen molar-refractivity contribution >= 4 is 11.4 Å². The van der Waals surface area contributed by atoms with E-state index in [9.17, 15) is 30.6 Å². The minimum atomic E-state index is -0.0125. The number of nitrogens with zero attached hydrogens (tertiary/aromatic N) is 2. The van der Waals surface area contributed by atoms with Crippen LogP contribution in [-0.4, -0.2) is 135 Å². The van der Waals surface area contributed by atoms with Crippen LogP contribution < -0.4 is 73.6 Å². The quantitative estimate of drug-likeness (QED) is 0.0567. The first-order chi connectivity index (χ1) is 55.8. The molecular formula is C104H176N14Ni6O6+12. The molecule has 12 bridgehead atoms. The van der Waals surface area contributed by atoms with Crippen molar-refractivity contribution in [3.8, 4) is 34.5 Å². The SMILES string of the molecule is CC(C)(C)c1cc2c(O)c(c1)CNCCCNCc1cc(C(C)(C)C)cc(c1O)CNCCCNC2.CC1(C)CNCc2cc(N3CCCCC3)cc(c2O)CNCC(C)(C)CNCc2cc(N3CCCCC3)cc(c2O)CNC1.CC1CNCc2cc(C(C)(C)C)cc(c2O)CNCC(C)CNCc2cc(C(C)(C)C)cc(c2O)CNC1.[CH3-].[CH3-].[CH3-].[CH3-].[CH3-].[CH3-].[Ni+3].[Ni+3].[Ni+3].[Ni+3].[Ni+3].[Ni+3]. The Labute approximate surface area is 852 Å². The predicted octanol–water partition coefficient (Wildman–Crippen LogP) is 17.5. The zero-order chi connectivity index (χ0) is 85.6. The van der Waals surface area contributed by atoms with Crippen LogP contribution in [0.15, 0.2) is 72.8 Å². The van der Waals surface area contributed by atoms with Crippen LogP contribution in [0.2, 0.25) is 0 Å². The second-order valence-corrected chi connectivity index (χ2v) is 40.8. The largest absolute Gasteiger partial charge is 3.00 e. The van der Waals surface area contributed by atoms with Crippen LogP contribution in [0.5, 0.6) is 34.5 Å². The molecule has 0 amide bonds. The number of phenolic OH excluding ortho intramolecular Hbond substituents is 6. The van der Waals surface area contributed by atoms with E-state index in [1.807, 2.05) is 0 Å². The molecule has 18 N–H and O–H groups in total. The summed E-state index contributed by atoms with van der Waals surface area (Å²) in [5.41, 5.74) is 19.0. The van der Waals surface area contributed by atoms with Gasteiger partial charge in [-0.1, -0.05) is 173 Å². The Kier molecular flexibility index (Phi) is 63.4. The van der Waals surface area contributed by atoms with E-state index in [1.165, 1.54) is 72.2 Å². The molecule has 746 valence electrons. The fraction of sp³-hybridized carbons (Fsp3) is 0.596. The fourth-order valence-corrected chi connectivity index (χ4v) is 16.3. The van der Waals surface area contributed by atoms with Crippen molar-refractivity contribution in [2.45, 2.75) is 276 Å². The summed E-state index contributed by atoms with van der Waals surface area (Å²) in [4.78, 5) is 4.97. The average Bonchev–Trinajstić information content (AvgIpc) is 0.836. The van der Waals surface area contributed by atoms with Crippen LogP contribution in [-0.2, 0) is 199 Å². The van der Waals surface area contributed by atoms with E-state index in [0.29, 0.717) is 125 Å². The van der Waals surface area contributed by atoms with Gasteiger partial charge < -0.3 is 149 Å². The molecule has 0 spiro atoms. The van der Waals surface area contributed by atoms with E-state index < -0.39 is 0 Å². The van der Waals surface area contributed by atoms with E-state index in [2.05, 4.69) is 271 Å². The summed E-state index contributed by atoms with van der Waals surface area (Å²) in [6.07, 6.45) is 9.43. The molecule has 20 nitrogen and oxygen atoms in total. The third-order valence-corrected chi connectivity index (χ3v) is 24.1. The van der Waals surface area contributed by atoms with Crippen molar-refractivity contribution in [3.05, 3.63) is 206 Å². The van der Waals surface area contributed by atoms with Crippen molar-refractivity contribution in [3.63, 3.8) is 0 Å². The molecule has 6 radical (unpaired) electrons. The molecule has 130 heavy (non-hydrogen) atoms. The van der Waals surface area contributed by atoms with Crippen LogP contribution in [0.4, 0.5) is 11.4 Å². The van der Waals surface area contributed by atoms with E-state index >= 15 is 0 Å². The first kappa shape index (κ1) is 132. The molecule has 2 saturated heterocycles. The number of phenols is 6. The third-order valence-electron chi connectivity index (χ3n) is 24.1. The van der Waals surface area contributed by atoms with Crippen LogP contribution >= 0.6 is 0 Å². The predicted molar refractivity (Wildman–Crippen MR) is 530 cm³/mol. The van der Waals surface area contributed by atoms with Crippen molar-refractivity contribution in [1.82, 2.24) is 63.8 Å². The van der Waals surface area contributed by atoms with Gasteiger partial charge in [0.1, 0.15) is 34.5 Å². The summed E-state index contributed by atoms with van der Waals surface area (Å²) < 4.78 is 0. The summed E-state index contributed by atoms with van der Waals surface area (Å²) in [6, 6.07) is 25.9. The Hall–Kier alpha value is -3.80. The summed E-state index contributed by atoms with van der Waals surface area (Å²) in [7, 11) is 0. The van der Waals surface area contributed by atoms with E-state index in [4.69, 9.17) is 0 Å². The van der Waals surface area contributed by atoms with Gasteiger partial charge in [-0.3, -0.25) is 0 Å². The molecular weight excluding hydrogens is 1890 g/mol. The van der Waals surface area contributed by atoms with Crippen molar-refractivity contribution < 1.29 is 130 Å². The topological polar surface area (TPSA) is 272 Å². The normalized spacial score (nSPS) is 18.6. The zero-order valence-electron chi connectivity index (χ0n) is 84.0. The standard InChI is InChI=1S/C36H58N6O2.C32H52N4O2.C30H48N4O2.6CH3.6Ni/c1-35(2)23-37-19-27-15-31(41-11-7-5-8-12-41)17-29(33(27)43)21-39-25-36(3,4)26-40-22-30-18-32(42-13-9-6-10-14-42)16-28(34(30)44)20-38-24-35;1-21-13-33-17-23-9-27(31(3,4)5)11-25(29(23)37)19-35-15-22(2)16-36-20-26-12-28(32(6,7)8)10-24(30(26)38)18-34-14-21;1-29(2,3)25-13-21-17-31-9-7-11-33-19-23-15-26(30(4,5)6)16-24(28(23)36)20-34-12-8-10-32-18-22(14-25)27(21)35;;;;;;;;;;;;/h15-18,37-40,43-44H,5-14,19-26H2,1-4H3;9-12,21-22,33-38H,13-20H2,1-8H3;13-16,31-36H,7-12,17-20H2,1-6H3;6*1H3;;;;;;/q;;;6*-1;6*+3. The molecule has 0 atom stereocenters. The molecule has 2 fully saturated rings. The number of benzene rings is 6. The smallest absolute Gasteiger partial charge is 0.507 e. The maximum absolute atomic E-state index is 11.4. The van der Waals surface area contributed by atoms with Crippen LogP contribution in [0.25, 0.3) is 0 Å². The molecule has 26 heteroatoms. The van der Waals surface area contributed by atoms with Gasteiger partial charge in [-0.15, -0.1) is 0 Å². The Bertz CT molecular complexity index is 3720. The van der Waals surface area contributed by atoms with Crippen LogP contribution in [0, 0.1) is 67.2 Å². The fourth-order valence-electron chi connectivity index (χ4n) is 16.3. The molecule has 0 saturated carbocycles. The number of rotatable bonds is 2. The van der Waals surface area contributed by atoms with Gasteiger partial charge in [-0.05, 0) is 195 Å². The second-order valence-electron chi connectivity index (χ2n) is 40.8. The number of piperidine rings is 2. The summed E-state index contributed by atoms with van der Waals surface area (Å²) in [5, 5.41) is 110. The molecule has 6 aromatic carbocycles. The van der Waals surface area contributed by atoms with Gasteiger partial charge in [-0.25, -0.2) is 0 Å². The average molecular weight is 2070 g/mol. The Morgan fingerprint density at radius 3 is 0.585 bits per heavy atom. The molecule has 5 aliphatic rings. The monoisotopic (exact) mass is 2060 g/mol. The molecule has 0 aromatic heterocycles. The number of aromatic hydroxyl groups is 6. The summed E-state index contributed by atoms with van der Waals surface area (Å²) >= 11 is 0. The van der Waals surface area contributed by atoms with Crippen molar-refractivity contribution in [2.24, 2.45) is 22.7 Å². The molecule has 5 aliphatic heterocycles. The maximum atomic E-state index is 11.4. The van der Waals surface area contributed by atoms with Crippen molar-refractivity contribution in [2.75, 3.05) is 115 Å². The van der Waals surface area contributed by atoms with E-state index in [0.717, 1.165) is 184 Å².